The van der Waals surface area contributed by atoms with E-state index in [2.05, 4.69) is 45.1 Å². The second-order valence-electron chi connectivity index (χ2n) is 7.03. The third-order valence-electron chi connectivity index (χ3n) is 5.14. The van der Waals surface area contributed by atoms with Gasteiger partial charge in [-0.3, -0.25) is 0 Å². The maximum absolute atomic E-state index is 5.98. The number of benzene rings is 3. The van der Waals surface area contributed by atoms with E-state index in [0.29, 0.717) is 18.1 Å². The summed E-state index contributed by atoms with van der Waals surface area (Å²) in [6.45, 7) is 2.26. The van der Waals surface area contributed by atoms with Gasteiger partial charge in [-0.25, -0.2) is 0 Å². The molecular weight excluding hydrogens is 446 g/mol. The van der Waals surface area contributed by atoms with Gasteiger partial charge in [-0.15, -0.1) is 0 Å². The van der Waals surface area contributed by atoms with E-state index in [-0.39, 0.29) is 0 Å². The highest BCUT2D eigenvalue weighted by molar-refractivity contribution is 9.10. The second kappa shape index (κ2) is 8.97. The zero-order chi connectivity index (χ0) is 20.2. The molecule has 0 saturated heterocycles. The lowest BCUT2D eigenvalue weighted by atomic mass is 9.99. The fraction of sp³-hybridized carbons (Fsp3) is 0.208. The van der Waals surface area contributed by atoms with Crippen LogP contribution in [0.2, 0.25) is 0 Å². The zero-order valence-corrected chi connectivity index (χ0v) is 18.6. The monoisotopic (exact) mass is 467 g/mol. The summed E-state index contributed by atoms with van der Waals surface area (Å²) in [5.41, 5.74) is 4.84. The van der Waals surface area contributed by atoms with Crippen LogP contribution < -0.4 is 9.47 Å². The van der Waals surface area contributed by atoms with Crippen LogP contribution in [0.15, 0.2) is 71.2 Å². The van der Waals surface area contributed by atoms with Gasteiger partial charge in [0.1, 0.15) is 11.6 Å². The Bertz CT molecular complexity index is 1020. The molecule has 5 heteroatoms. The first kappa shape index (κ1) is 19.9. The summed E-state index contributed by atoms with van der Waals surface area (Å²) >= 11 is 9.25. The molecule has 0 aromatic heterocycles. The van der Waals surface area contributed by atoms with Crippen LogP contribution in [0.3, 0.4) is 0 Å². The summed E-state index contributed by atoms with van der Waals surface area (Å²) in [6.07, 6.45) is 1.02. The molecule has 0 bridgehead atoms. The standard InChI is InChI=1S/C24H22BrNO2S/c1-27-23-14-19(8-11-22(23)28-16-17-6-9-21(25)10-7-17)24(29)26-13-12-18-4-2-3-5-20(18)15-26/h2-11,14H,12-13,15-16H2,1H3. The molecule has 3 nitrogen and oxygen atoms in total. The first-order chi connectivity index (χ1) is 14.1. The summed E-state index contributed by atoms with van der Waals surface area (Å²) in [7, 11) is 1.66. The number of methoxy groups -OCH3 is 1. The van der Waals surface area contributed by atoms with Gasteiger partial charge in [-0.05, 0) is 53.4 Å². The van der Waals surface area contributed by atoms with Crippen LogP contribution in [-0.4, -0.2) is 23.5 Å². The molecule has 1 heterocycles. The van der Waals surface area contributed by atoms with E-state index < -0.39 is 0 Å². The summed E-state index contributed by atoms with van der Waals surface area (Å²) in [4.78, 5) is 3.10. The molecule has 0 amide bonds. The van der Waals surface area contributed by atoms with Crippen LogP contribution in [-0.2, 0) is 19.6 Å². The van der Waals surface area contributed by atoms with Gasteiger partial charge in [0.2, 0.25) is 0 Å². The molecule has 148 valence electrons. The molecule has 0 atom stereocenters. The Morgan fingerprint density at radius 1 is 1.00 bits per heavy atom. The maximum Gasteiger partial charge on any atom is 0.161 e. The number of hydrogen-bond acceptors (Lipinski definition) is 3. The van der Waals surface area contributed by atoms with E-state index in [4.69, 9.17) is 21.7 Å². The predicted molar refractivity (Wildman–Crippen MR) is 124 cm³/mol. The Labute approximate surface area is 185 Å². The van der Waals surface area contributed by atoms with Crippen LogP contribution >= 0.6 is 28.1 Å². The largest absolute Gasteiger partial charge is 0.493 e. The van der Waals surface area contributed by atoms with Crippen LogP contribution in [0.1, 0.15) is 22.3 Å². The third-order valence-corrected chi connectivity index (χ3v) is 6.16. The highest BCUT2D eigenvalue weighted by atomic mass is 79.9. The molecule has 0 aliphatic carbocycles. The number of nitrogens with zero attached hydrogens (tertiary/aromatic N) is 1. The van der Waals surface area contributed by atoms with E-state index in [9.17, 15) is 0 Å². The zero-order valence-electron chi connectivity index (χ0n) is 16.2. The minimum Gasteiger partial charge on any atom is -0.493 e. The summed E-state index contributed by atoms with van der Waals surface area (Å²) in [6, 6.07) is 22.6. The first-order valence-electron chi connectivity index (χ1n) is 9.55. The van der Waals surface area contributed by atoms with Gasteiger partial charge < -0.3 is 14.4 Å². The molecule has 29 heavy (non-hydrogen) atoms. The minimum absolute atomic E-state index is 0.482. The van der Waals surface area contributed by atoms with E-state index in [1.165, 1.54) is 11.1 Å². The molecule has 0 N–H and O–H groups in total. The highest BCUT2D eigenvalue weighted by Gasteiger charge is 2.20. The van der Waals surface area contributed by atoms with Crippen molar-refractivity contribution in [1.82, 2.24) is 4.90 Å². The van der Waals surface area contributed by atoms with E-state index in [0.717, 1.165) is 40.1 Å². The lowest BCUT2D eigenvalue weighted by Gasteiger charge is -2.31. The molecule has 0 radical (unpaired) electrons. The fourth-order valence-electron chi connectivity index (χ4n) is 3.51. The van der Waals surface area contributed by atoms with Gasteiger partial charge in [0.25, 0.3) is 0 Å². The van der Waals surface area contributed by atoms with Crippen LogP contribution in [0.25, 0.3) is 0 Å². The number of rotatable bonds is 5. The molecule has 0 unspecified atom stereocenters. The third kappa shape index (κ3) is 4.62. The van der Waals surface area contributed by atoms with Crippen molar-refractivity contribution in [2.75, 3.05) is 13.7 Å². The Hall–Kier alpha value is -2.37. The molecule has 1 aliphatic heterocycles. The van der Waals surface area contributed by atoms with Gasteiger partial charge in [0, 0.05) is 23.1 Å². The Morgan fingerprint density at radius 2 is 1.76 bits per heavy atom. The number of thiocarbonyl (C=S) groups is 1. The smallest absolute Gasteiger partial charge is 0.161 e. The van der Waals surface area contributed by atoms with Crippen LogP contribution in [0, 0.1) is 0 Å². The van der Waals surface area contributed by atoms with E-state index in [1.54, 1.807) is 7.11 Å². The summed E-state index contributed by atoms with van der Waals surface area (Å²) in [5, 5.41) is 0. The predicted octanol–water partition coefficient (Wildman–Crippen LogP) is 5.77. The Morgan fingerprint density at radius 3 is 2.52 bits per heavy atom. The number of ether oxygens (including phenoxy) is 2. The quantitative estimate of drug-likeness (QED) is 0.443. The second-order valence-corrected chi connectivity index (χ2v) is 8.33. The molecule has 0 fully saturated rings. The number of hydrogen-bond donors (Lipinski definition) is 0. The fourth-order valence-corrected chi connectivity index (χ4v) is 4.06. The van der Waals surface area contributed by atoms with Gasteiger partial charge in [0.15, 0.2) is 11.5 Å². The Balaban J connectivity index is 1.47. The molecular formula is C24H22BrNO2S. The lowest BCUT2D eigenvalue weighted by molar-refractivity contribution is 0.284. The van der Waals surface area contributed by atoms with Gasteiger partial charge in [0.05, 0.1) is 7.11 Å². The van der Waals surface area contributed by atoms with Crippen molar-refractivity contribution in [2.24, 2.45) is 0 Å². The summed E-state index contributed by atoms with van der Waals surface area (Å²) in [5.74, 6) is 1.41. The first-order valence-corrected chi connectivity index (χ1v) is 10.8. The van der Waals surface area contributed by atoms with Crippen molar-refractivity contribution in [3.05, 3.63) is 93.5 Å². The van der Waals surface area contributed by atoms with E-state index >= 15 is 0 Å². The molecule has 0 spiro atoms. The maximum atomic E-state index is 5.98. The molecule has 0 saturated carbocycles. The van der Waals surface area contributed by atoms with Crippen molar-refractivity contribution >= 4 is 33.1 Å². The van der Waals surface area contributed by atoms with Crippen molar-refractivity contribution in [3.8, 4) is 11.5 Å². The molecule has 3 aromatic rings. The van der Waals surface area contributed by atoms with Crippen LogP contribution in [0.5, 0.6) is 11.5 Å². The van der Waals surface area contributed by atoms with E-state index in [1.807, 2.05) is 42.5 Å². The summed E-state index contributed by atoms with van der Waals surface area (Å²) < 4.78 is 12.6. The van der Waals surface area contributed by atoms with Crippen molar-refractivity contribution in [3.63, 3.8) is 0 Å². The van der Waals surface area contributed by atoms with Gasteiger partial charge in [-0.1, -0.05) is 64.5 Å². The minimum atomic E-state index is 0.482. The molecule has 3 aromatic carbocycles. The molecule has 4 rings (SSSR count). The Kier molecular flexibility index (Phi) is 6.16. The van der Waals surface area contributed by atoms with Crippen molar-refractivity contribution in [2.45, 2.75) is 19.6 Å². The average Bonchev–Trinajstić information content (AvgIpc) is 2.77. The number of halogens is 1. The topological polar surface area (TPSA) is 21.7 Å². The van der Waals surface area contributed by atoms with Crippen molar-refractivity contribution in [1.29, 1.82) is 0 Å². The lowest BCUT2D eigenvalue weighted by Crippen LogP contribution is -2.35. The van der Waals surface area contributed by atoms with Gasteiger partial charge >= 0.3 is 0 Å². The normalized spacial score (nSPS) is 13.0. The SMILES string of the molecule is COc1cc(C(=S)N2CCc3ccccc3C2)ccc1OCc1ccc(Br)cc1. The molecule has 1 aliphatic rings. The average molecular weight is 468 g/mol. The number of fused-ring (bicyclic) bond motifs is 1. The van der Waals surface area contributed by atoms with Crippen molar-refractivity contribution < 1.29 is 9.47 Å². The van der Waals surface area contributed by atoms with Gasteiger partial charge in [-0.2, -0.15) is 0 Å². The highest BCUT2D eigenvalue weighted by Crippen LogP contribution is 2.30. The van der Waals surface area contributed by atoms with Crippen LogP contribution in [0.4, 0.5) is 0 Å².